The van der Waals surface area contributed by atoms with E-state index in [2.05, 4.69) is 0 Å². The van der Waals surface area contributed by atoms with Crippen molar-refractivity contribution < 1.29 is 14.3 Å². The Bertz CT molecular complexity index is 459. The predicted molar refractivity (Wildman–Crippen MR) is 89.8 cm³/mol. The molecule has 0 saturated carbocycles. The third-order valence-electron chi connectivity index (χ3n) is 2.07. The van der Waals surface area contributed by atoms with Crippen LogP contribution in [-0.4, -0.2) is 27.1 Å². The highest BCUT2D eigenvalue weighted by molar-refractivity contribution is 8.00. The summed E-state index contributed by atoms with van der Waals surface area (Å²) in [6, 6.07) is 6.59. The zero-order valence-electron chi connectivity index (χ0n) is 11.3. The molecule has 0 bridgehead atoms. The largest absolute Gasteiger partial charge is 0.482 e. The third-order valence-corrected chi connectivity index (χ3v) is 4.55. The topological polar surface area (TPSA) is 35.5 Å². The number of rotatable bonds is 6. The first kappa shape index (κ1) is 19.0. The number of hydrogen-bond donors (Lipinski definition) is 0. The van der Waals surface area contributed by atoms with E-state index in [-0.39, 0.29) is 11.9 Å². The first-order chi connectivity index (χ1) is 9.68. The van der Waals surface area contributed by atoms with Crippen LogP contribution in [0.4, 0.5) is 0 Å². The van der Waals surface area contributed by atoms with Crippen molar-refractivity contribution >= 4 is 64.1 Å². The van der Waals surface area contributed by atoms with Crippen molar-refractivity contribution in [2.45, 2.75) is 28.3 Å². The number of carbonyl (C=O) groups excluding carboxylic acids is 1. The molecule has 0 N–H and O–H groups in total. The summed E-state index contributed by atoms with van der Waals surface area (Å²) >= 11 is 24.4. The lowest BCUT2D eigenvalue weighted by atomic mass is 10.3. The van der Waals surface area contributed by atoms with Gasteiger partial charge in [0.15, 0.2) is 12.0 Å². The van der Waals surface area contributed by atoms with Crippen molar-refractivity contribution in [3.63, 3.8) is 0 Å². The summed E-state index contributed by atoms with van der Waals surface area (Å²) in [4.78, 5) is 11.8. The molecule has 0 aliphatic carbocycles. The van der Waals surface area contributed by atoms with Gasteiger partial charge in [0.1, 0.15) is 5.75 Å². The second-order valence-electron chi connectivity index (χ2n) is 4.29. The predicted octanol–water partition coefficient (Wildman–Crippen LogP) is 5.10. The molecule has 0 radical (unpaired) electrons. The highest BCUT2D eigenvalue weighted by atomic mass is 35.6. The first-order valence-corrected chi connectivity index (χ1v) is 8.44. The summed E-state index contributed by atoms with van der Waals surface area (Å²) in [6.07, 6.45) is 0. The number of thioether (sulfide) groups is 1. The average Bonchev–Trinajstić information content (AvgIpc) is 2.36. The van der Waals surface area contributed by atoms with E-state index < -0.39 is 15.2 Å². The van der Waals surface area contributed by atoms with Crippen LogP contribution in [-0.2, 0) is 9.53 Å². The molecule has 0 aliphatic rings. The zero-order valence-corrected chi connectivity index (χ0v) is 15.2. The monoisotopic (exact) mass is 390 g/mol. The van der Waals surface area contributed by atoms with E-state index in [0.29, 0.717) is 10.8 Å². The van der Waals surface area contributed by atoms with Gasteiger partial charge >= 0.3 is 5.97 Å². The molecule has 0 heterocycles. The van der Waals surface area contributed by atoms with Gasteiger partial charge in [0.05, 0.1) is 0 Å². The molecular weight excluding hydrogens is 378 g/mol. The lowest BCUT2D eigenvalue weighted by molar-refractivity contribution is -0.147. The molecule has 3 nitrogen and oxygen atoms in total. The minimum Gasteiger partial charge on any atom is -0.482 e. The van der Waals surface area contributed by atoms with Gasteiger partial charge in [-0.3, -0.25) is 0 Å². The summed E-state index contributed by atoms with van der Waals surface area (Å²) in [6.45, 7) is 3.54. The molecule has 0 fully saturated rings. The zero-order chi connectivity index (χ0) is 16.0. The molecule has 118 valence electrons. The maximum absolute atomic E-state index is 11.8. The van der Waals surface area contributed by atoms with E-state index in [1.165, 1.54) is 11.8 Å². The molecule has 0 saturated heterocycles. The Morgan fingerprint density at radius 1 is 1.24 bits per heavy atom. The van der Waals surface area contributed by atoms with Gasteiger partial charge in [0.25, 0.3) is 0 Å². The summed E-state index contributed by atoms with van der Waals surface area (Å²) in [5, 5.41) is 0.713. The average molecular weight is 392 g/mol. The van der Waals surface area contributed by atoms with Crippen LogP contribution in [0.1, 0.15) is 13.8 Å². The number of hydrogen-bond acceptors (Lipinski definition) is 4. The molecule has 0 aliphatic heterocycles. The van der Waals surface area contributed by atoms with Crippen LogP contribution in [0, 0.1) is 0 Å². The minimum absolute atomic E-state index is 0.135. The normalized spacial score (nSPS) is 13.1. The Labute approximate surface area is 148 Å². The van der Waals surface area contributed by atoms with E-state index in [9.17, 15) is 4.79 Å². The van der Waals surface area contributed by atoms with Gasteiger partial charge in [-0.25, -0.2) is 4.79 Å². The molecular formula is C13H14Cl4O3S. The Morgan fingerprint density at radius 2 is 1.81 bits per heavy atom. The second-order valence-corrected chi connectivity index (χ2v) is 8.74. The number of carbonyl (C=O) groups is 1. The quantitative estimate of drug-likeness (QED) is 0.384. The number of ether oxygens (including phenoxy) is 2. The van der Waals surface area contributed by atoms with E-state index in [4.69, 9.17) is 55.9 Å². The Morgan fingerprint density at radius 3 is 2.29 bits per heavy atom. The first-order valence-electron chi connectivity index (χ1n) is 5.98. The molecule has 0 amide bonds. The van der Waals surface area contributed by atoms with Gasteiger partial charge in [0, 0.05) is 10.3 Å². The smallest absolute Gasteiger partial charge is 0.345 e. The molecule has 1 aromatic carbocycles. The number of halogens is 4. The van der Waals surface area contributed by atoms with Gasteiger partial charge in [-0.15, -0.1) is 11.8 Å². The van der Waals surface area contributed by atoms with Gasteiger partial charge < -0.3 is 9.47 Å². The third kappa shape index (κ3) is 7.71. The lowest BCUT2D eigenvalue weighted by Crippen LogP contribution is -2.31. The molecule has 1 aromatic rings. The fourth-order valence-corrected chi connectivity index (χ4v) is 2.78. The fourth-order valence-electron chi connectivity index (χ4n) is 1.25. The molecule has 0 aromatic heterocycles. The van der Waals surface area contributed by atoms with E-state index in [0.717, 1.165) is 0 Å². The van der Waals surface area contributed by atoms with Gasteiger partial charge in [-0.2, -0.15) is 0 Å². The van der Waals surface area contributed by atoms with Crippen molar-refractivity contribution in [3.8, 4) is 5.75 Å². The van der Waals surface area contributed by atoms with Crippen LogP contribution < -0.4 is 4.74 Å². The lowest BCUT2D eigenvalue weighted by Gasteiger charge is -2.25. The summed E-state index contributed by atoms with van der Waals surface area (Å²) in [5.41, 5.74) is -0.899. The van der Waals surface area contributed by atoms with Crippen molar-refractivity contribution in [2.75, 3.05) is 6.61 Å². The Balaban J connectivity index is 2.52. The van der Waals surface area contributed by atoms with Crippen LogP contribution in [0.25, 0.3) is 0 Å². The highest BCUT2D eigenvalue weighted by Gasteiger charge is 2.37. The molecule has 0 spiro atoms. The van der Waals surface area contributed by atoms with Gasteiger partial charge in [-0.1, -0.05) is 60.3 Å². The van der Waals surface area contributed by atoms with Gasteiger partial charge in [0.2, 0.25) is 3.79 Å². The SMILES string of the molecule is CC(C)S[C@@H](OC(=O)COc1ccc(Cl)cc1)C(Cl)(Cl)Cl. The van der Waals surface area contributed by atoms with Crippen molar-refractivity contribution in [3.05, 3.63) is 29.3 Å². The molecule has 0 unspecified atom stereocenters. The van der Waals surface area contributed by atoms with Crippen LogP contribution in [0.5, 0.6) is 5.75 Å². The van der Waals surface area contributed by atoms with E-state index in [1.54, 1.807) is 24.3 Å². The van der Waals surface area contributed by atoms with Crippen LogP contribution in [0.3, 0.4) is 0 Å². The number of benzene rings is 1. The summed E-state index contributed by atoms with van der Waals surface area (Å²) < 4.78 is 8.71. The maximum atomic E-state index is 11.8. The molecule has 8 heteroatoms. The van der Waals surface area contributed by atoms with Crippen molar-refractivity contribution in [2.24, 2.45) is 0 Å². The molecule has 1 rings (SSSR count). The summed E-state index contributed by atoms with van der Waals surface area (Å²) in [7, 11) is 0. The van der Waals surface area contributed by atoms with Crippen LogP contribution >= 0.6 is 58.2 Å². The molecule has 21 heavy (non-hydrogen) atoms. The highest BCUT2D eigenvalue weighted by Crippen LogP contribution is 2.39. The summed E-state index contributed by atoms with van der Waals surface area (Å²) in [5.74, 6) is -0.118. The number of alkyl halides is 3. The van der Waals surface area contributed by atoms with Gasteiger partial charge in [-0.05, 0) is 24.3 Å². The van der Waals surface area contributed by atoms with E-state index in [1.807, 2.05) is 13.8 Å². The Kier molecular flexibility index (Phi) is 7.79. The molecule has 1 atom stereocenters. The standard InChI is InChI=1S/C13H14Cl4O3S/c1-8(2)21-12(13(15,16)17)20-11(18)7-19-10-5-3-9(14)4-6-10/h3-6,8,12H,7H2,1-2H3/t12-/m1/s1. The number of esters is 1. The fraction of sp³-hybridized carbons (Fsp3) is 0.462. The van der Waals surface area contributed by atoms with Crippen LogP contribution in [0.15, 0.2) is 24.3 Å². The van der Waals surface area contributed by atoms with Crippen LogP contribution in [0.2, 0.25) is 5.02 Å². The maximum Gasteiger partial charge on any atom is 0.345 e. The Hall–Kier alpha value is -0.000000000000000111. The van der Waals surface area contributed by atoms with Crippen molar-refractivity contribution in [1.29, 1.82) is 0 Å². The second kappa shape index (κ2) is 8.59. The van der Waals surface area contributed by atoms with Crippen molar-refractivity contribution in [1.82, 2.24) is 0 Å². The van der Waals surface area contributed by atoms with E-state index >= 15 is 0 Å². The minimum atomic E-state index is -1.70.